The zero-order chi connectivity index (χ0) is 13.0. The maximum absolute atomic E-state index is 11.6. The Kier molecular flexibility index (Phi) is 5.17. The minimum atomic E-state index is -3.68. The van der Waals surface area contributed by atoms with Crippen LogP contribution in [0.15, 0.2) is 5.16 Å². The lowest BCUT2D eigenvalue weighted by Gasteiger charge is -2.28. The van der Waals surface area contributed by atoms with Gasteiger partial charge < -0.3 is 10.9 Å². The lowest BCUT2D eigenvalue weighted by Crippen LogP contribution is -2.58. The van der Waals surface area contributed by atoms with E-state index < -0.39 is 15.7 Å². The van der Waals surface area contributed by atoms with Gasteiger partial charge in [0.15, 0.2) is 5.84 Å². The van der Waals surface area contributed by atoms with E-state index in [9.17, 15) is 8.42 Å². The van der Waals surface area contributed by atoms with Crippen LogP contribution in [0.1, 0.15) is 34.1 Å². The van der Waals surface area contributed by atoms with E-state index in [1.165, 1.54) is 0 Å². The van der Waals surface area contributed by atoms with Crippen LogP contribution in [-0.4, -0.2) is 31.0 Å². The molecule has 5 N–H and O–H groups in total. The third kappa shape index (κ3) is 4.33. The highest BCUT2D eigenvalue weighted by Gasteiger charge is 2.32. The van der Waals surface area contributed by atoms with Crippen LogP contribution in [0.4, 0.5) is 0 Å². The molecule has 1 atom stereocenters. The first-order valence-electron chi connectivity index (χ1n) is 4.96. The molecule has 0 aromatic heterocycles. The number of nitrogens with zero attached hydrogens (tertiary/aromatic N) is 1. The lowest BCUT2D eigenvalue weighted by molar-refractivity contribution is 0.310. The summed E-state index contributed by atoms with van der Waals surface area (Å²) in [7, 11) is -3.68. The van der Waals surface area contributed by atoms with Crippen molar-refractivity contribution < 1.29 is 13.6 Å². The molecule has 0 fully saturated rings. The highest BCUT2D eigenvalue weighted by atomic mass is 32.2. The van der Waals surface area contributed by atoms with Gasteiger partial charge in [0.05, 0.1) is 5.54 Å². The van der Waals surface area contributed by atoms with Gasteiger partial charge >= 0.3 is 0 Å². The molecular formula is C8H20N4O3S. The molecule has 0 saturated carbocycles. The van der Waals surface area contributed by atoms with Crippen LogP contribution >= 0.6 is 0 Å². The largest absolute Gasteiger partial charge is 0.409 e. The van der Waals surface area contributed by atoms with Crippen LogP contribution in [0.3, 0.4) is 0 Å². The average molecular weight is 252 g/mol. The van der Waals surface area contributed by atoms with Gasteiger partial charge in [-0.05, 0) is 27.2 Å². The van der Waals surface area contributed by atoms with Crippen molar-refractivity contribution in [3.63, 3.8) is 0 Å². The van der Waals surface area contributed by atoms with Crippen LogP contribution in [0.2, 0.25) is 0 Å². The second kappa shape index (κ2) is 5.46. The minimum Gasteiger partial charge on any atom is -0.409 e. The van der Waals surface area contributed by atoms with Gasteiger partial charge in [0.1, 0.15) is 0 Å². The van der Waals surface area contributed by atoms with E-state index >= 15 is 0 Å². The molecule has 0 radical (unpaired) electrons. The maximum Gasteiger partial charge on any atom is 0.278 e. The molecule has 0 rings (SSSR count). The van der Waals surface area contributed by atoms with E-state index in [-0.39, 0.29) is 11.9 Å². The van der Waals surface area contributed by atoms with E-state index in [0.717, 1.165) is 0 Å². The highest BCUT2D eigenvalue weighted by Crippen LogP contribution is 2.10. The normalized spacial score (nSPS) is 17.4. The van der Waals surface area contributed by atoms with Gasteiger partial charge in [-0.3, -0.25) is 0 Å². The van der Waals surface area contributed by atoms with Crippen LogP contribution in [-0.2, 0) is 10.2 Å². The summed E-state index contributed by atoms with van der Waals surface area (Å²) in [5.41, 5.74) is 4.34. The van der Waals surface area contributed by atoms with Crippen molar-refractivity contribution >= 4 is 16.0 Å². The van der Waals surface area contributed by atoms with Gasteiger partial charge in [-0.15, -0.1) is 0 Å². The van der Waals surface area contributed by atoms with Crippen LogP contribution in [0.5, 0.6) is 0 Å². The van der Waals surface area contributed by atoms with Crippen LogP contribution < -0.4 is 15.2 Å². The quantitative estimate of drug-likeness (QED) is 0.225. The Balaban J connectivity index is 4.93. The van der Waals surface area contributed by atoms with E-state index in [1.54, 1.807) is 27.7 Å². The number of nitrogens with one attached hydrogen (secondary N) is 2. The number of nitrogens with two attached hydrogens (primary N) is 1. The average Bonchev–Trinajstić information content (AvgIpc) is 2.13. The Hall–Kier alpha value is -0.860. The second-order valence-corrected chi connectivity index (χ2v) is 5.50. The Morgan fingerprint density at radius 1 is 1.56 bits per heavy atom. The van der Waals surface area contributed by atoms with Gasteiger partial charge in [-0.25, -0.2) is 0 Å². The first kappa shape index (κ1) is 15.1. The zero-order valence-corrected chi connectivity index (χ0v) is 10.8. The van der Waals surface area contributed by atoms with Crippen molar-refractivity contribution in [3.05, 3.63) is 0 Å². The fraction of sp³-hybridized carbons (Fsp3) is 0.875. The number of hydrogen-bond acceptors (Lipinski definition) is 4. The Labute approximate surface area is 96.3 Å². The van der Waals surface area contributed by atoms with Crippen molar-refractivity contribution in [1.29, 1.82) is 0 Å². The number of amidine groups is 1. The predicted molar refractivity (Wildman–Crippen MR) is 62.4 cm³/mol. The van der Waals surface area contributed by atoms with E-state index in [0.29, 0.717) is 6.42 Å². The molecule has 8 heteroatoms. The van der Waals surface area contributed by atoms with E-state index in [4.69, 9.17) is 10.9 Å². The Morgan fingerprint density at radius 3 is 2.38 bits per heavy atom. The van der Waals surface area contributed by atoms with Crippen molar-refractivity contribution in [2.24, 2.45) is 10.9 Å². The molecule has 0 heterocycles. The Morgan fingerprint density at radius 2 is 2.06 bits per heavy atom. The van der Waals surface area contributed by atoms with E-state index in [2.05, 4.69) is 14.6 Å². The smallest absolute Gasteiger partial charge is 0.278 e. The Bertz CT molecular complexity index is 352. The second-order valence-electron chi connectivity index (χ2n) is 4.05. The first-order valence-corrected chi connectivity index (χ1v) is 6.44. The molecule has 16 heavy (non-hydrogen) atoms. The van der Waals surface area contributed by atoms with E-state index in [1.807, 2.05) is 0 Å². The van der Waals surface area contributed by atoms with Gasteiger partial charge in [0.25, 0.3) is 10.2 Å². The summed E-state index contributed by atoms with van der Waals surface area (Å²) in [5.74, 6) is -0.177. The fourth-order valence-corrected chi connectivity index (χ4v) is 2.57. The molecule has 0 aromatic carbocycles. The standard InChI is InChI=1S/C8H20N4O3S/c1-5-8(4,7(9)10-13)12-16(14,15)11-6(2)3/h6,11-13H,5H2,1-4H3,(H2,9,10). The van der Waals surface area contributed by atoms with Crippen LogP contribution in [0.25, 0.3) is 0 Å². The summed E-state index contributed by atoms with van der Waals surface area (Å²) in [6, 6.07) is -0.231. The minimum absolute atomic E-state index is 0.177. The zero-order valence-electron chi connectivity index (χ0n) is 9.98. The predicted octanol–water partition coefficient (Wildman–Crippen LogP) is -0.266. The number of hydrogen-bond donors (Lipinski definition) is 4. The summed E-state index contributed by atoms with van der Waals surface area (Å²) < 4.78 is 27.9. The fourth-order valence-electron chi connectivity index (χ4n) is 1.05. The molecule has 0 aliphatic carbocycles. The first-order chi connectivity index (χ1) is 7.17. The van der Waals surface area contributed by atoms with Crippen LogP contribution in [0, 0.1) is 0 Å². The lowest BCUT2D eigenvalue weighted by atomic mass is 10.00. The molecule has 0 aliphatic rings. The van der Waals surface area contributed by atoms with Gasteiger partial charge in [-0.2, -0.15) is 17.9 Å². The number of rotatable bonds is 6. The molecule has 0 aliphatic heterocycles. The third-order valence-electron chi connectivity index (χ3n) is 2.13. The molecule has 0 bridgehead atoms. The third-order valence-corrected chi connectivity index (χ3v) is 3.63. The monoisotopic (exact) mass is 252 g/mol. The molecule has 0 aromatic rings. The molecule has 0 spiro atoms. The van der Waals surface area contributed by atoms with Crippen molar-refractivity contribution in [3.8, 4) is 0 Å². The van der Waals surface area contributed by atoms with Gasteiger partial charge in [0, 0.05) is 6.04 Å². The molecule has 0 saturated heterocycles. The summed E-state index contributed by atoms with van der Waals surface area (Å²) >= 11 is 0. The summed E-state index contributed by atoms with van der Waals surface area (Å²) in [4.78, 5) is 0. The molecule has 1 unspecified atom stereocenters. The highest BCUT2D eigenvalue weighted by molar-refractivity contribution is 7.87. The number of oxime groups is 1. The summed E-state index contributed by atoms with van der Waals surface area (Å²) in [5, 5.41) is 11.4. The van der Waals surface area contributed by atoms with Gasteiger partial charge in [-0.1, -0.05) is 12.1 Å². The van der Waals surface area contributed by atoms with Crippen molar-refractivity contribution in [1.82, 2.24) is 9.44 Å². The van der Waals surface area contributed by atoms with Gasteiger partial charge in [0.2, 0.25) is 0 Å². The summed E-state index contributed by atoms with van der Waals surface area (Å²) in [6.07, 6.45) is 0.363. The molecular weight excluding hydrogens is 232 g/mol. The van der Waals surface area contributed by atoms with Crippen molar-refractivity contribution in [2.75, 3.05) is 0 Å². The molecule has 7 nitrogen and oxygen atoms in total. The maximum atomic E-state index is 11.6. The molecule has 96 valence electrons. The van der Waals surface area contributed by atoms with Crippen molar-refractivity contribution in [2.45, 2.75) is 45.7 Å². The molecule has 0 amide bonds. The SMILES string of the molecule is CCC(C)(NS(=O)(=O)NC(C)C)C(N)=NO. The topological polar surface area (TPSA) is 117 Å². The summed E-state index contributed by atoms with van der Waals surface area (Å²) in [6.45, 7) is 6.68.